The average Bonchev–Trinajstić information content (AvgIpc) is 2.55. The third kappa shape index (κ3) is 3.32. The van der Waals surface area contributed by atoms with Crippen molar-refractivity contribution in [3.05, 3.63) is 41.5 Å². The van der Waals surface area contributed by atoms with Crippen molar-refractivity contribution in [2.24, 2.45) is 0 Å². The third-order valence-electron chi connectivity index (χ3n) is 4.10. The molecule has 0 radical (unpaired) electrons. The second kappa shape index (κ2) is 6.53. The Morgan fingerprint density at radius 1 is 1.19 bits per heavy atom. The fourth-order valence-electron chi connectivity index (χ4n) is 2.73. The Morgan fingerprint density at radius 2 is 1.92 bits per heavy atom. The third-order valence-corrected chi connectivity index (χ3v) is 5.60. The van der Waals surface area contributed by atoms with Gasteiger partial charge >= 0.3 is 0 Å². The quantitative estimate of drug-likeness (QED) is 0.856. The van der Waals surface area contributed by atoms with E-state index in [0.717, 1.165) is 5.56 Å². The van der Waals surface area contributed by atoms with E-state index in [9.17, 15) is 13.2 Å². The van der Waals surface area contributed by atoms with Crippen molar-refractivity contribution >= 4 is 27.3 Å². The number of rotatable bonds is 4. The molecule has 7 nitrogen and oxygen atoms in total. The van der Waals surface area contributed by atoms with Gasteiger partial charge in [-0.1, -0.05) is 6.07 Å². The maximum absolute atomic E-state index is 12.9. The van der Waals surface area contributed by atoms with E-state index in [4.69, 9.17) is 9.47 Å². The monoisotopic (exact) mass is 376 g/mol. The second-order valence-corrected chi connectivity index (χ2v) is 7.82. The van der Waals surface area contributed by atoms with E-state index in [-0.39, 0.29) is 10.8 Å². The van der Waals surface area contributed by atoms with Crippen LogP contribution in [0.25, 0.3) is 0 Å². The number of ether oxygens (including phenoxy) is 2. The van der Waals surface area contributed by atoms with Gasteiger partial charge in [-0.05, 0) is 50.1 Å². The van der Waals surface area contributed by atoms with Crippen LogP contribution in [0.5, 0.6) is 11.5 Å². The summed E-state index contributed by atoms with van der Waals surface area (Å²) in [5.41, 5.74) is 2.19. The molecule has 8 heteroatoms. The maximum atomic E-state index is 12.9. The van der Waals surface area contributed by atoms with Crippen LogP contribution in [0.4, 0.5) is 11.4 Å². The van der Waals surface area contributed by atoms with Crippen molar-refractivity contribution in [2.75, 3.05) is 17.1 Å². The van der Waals surface area contributed by atoms with Crippen LogP contribution in [0.1, 0.15) is 18.1 Å². The molecule has 2 N–H and O–H groups in total. The molecule has 2 aromatic rings. The van der Waals surface area contributed by atoms with Gasteiger partial charge in [-0.2, -0.15) is 0 Å². The van der Waals surface area contributed by atoms with E-state index in [1.54, 1.807) is 32.0 Å². The predicted molar refractivity (Wildman–Crippen MR) is 98.4 cm³/mol. The molecule has 1 aliphatic rings. The molecule has 1 atom stereocenters. The highest BCUT2D eigenvalue weighted by Crippen LogP contribution is 2.36. The molecule has 138 valence electrons. The van der Waals surface area contributed by atoms with E-state index >= 15 is 0 Å². The van der Waals surface area contributed by atoms with Crippen molar-refractivity contribution in [2.45, 2.75) is 31.8 Å². The molecular weight excluding hydrogens is 356 g/mol. The lowest BCUT2D eigenvalue weighted by Gasteiger charge is -2.24. The van der Waals surface area contributed by atoms with Crippen LogP contribution >= 0.6 is 0 Å². The van der Waals surface area contributed by atoms with Crippen LogP contribution in [0.3, 0.4) is 0 Å². The van der Waals surface area contributed by atoms with Crippen molar-refractivity contribution in [1.82, 2.24) is 0 Å². The van der Waals surface area contributed by atoms with Crippen LogP contribution < -0.4 is 19.5 Å². The first-order valence-corrected chi connectivity index (χ1v) is 9.49. The Kier molecular flexibility index (Phi) is 4.53. The standard InChI is InChI=1S/C18H20N2O5S/c1-10-5-6-15(24-4)14(7-10)20-26(22,23)17-9-16-13(8-11(17)2)19-18(21)12(3)25-16/h5-9,12,20H,1-4H3,(H,19,21). The molecule has 0 spiro atoms. The Morgan fingerprint density at radius 3 is 2.62 bits per heavy atom. The van der Waals surface area contributed by atoms with Gasteiger partial charge in [-0.25, -0.2) is 8.42 Å². The molecule has 0 aliphatic carbocycles. The van der Waals surface area contributed by atoms with Gasteiger partial charge in [0.25, 0.3) is 15.9 Å². The predicted octanol–water partition coefficient (Wildman–Crippen LogP) is 2.83. The summed E-state index contributed by atoms with van der Waals surface area (Å²) in [5.74, 6) is 0.473. The Bertz CT molecular complexity index is 985. The number of methoxy groups -OCH3 is 1. The van der Waals surface area contributed by atoms with E-state index in [0.29, 0.717) is 28.4 Å². The molecule has 2 aromatic carbocycles. The maximum Gasteiger partial charge on any atom is 0.265 e. The van der Waals surface area contributed by atoms with Gasteiger partial charge in [-0.15, -0.1) is 0 Å². The minimum absolute atomic E-state index is 0.0724. The van der Waals surface area contributed by atoms with Crippen molar-refractivity contribution < 1.29 is 22.7 Å². The molecular formula is C18H20N2O5S. The summed E-state index contributed by atoms with van der Waals surface area (Å²) < 4.78 is 39.2. The summed E-state index contributed by atoms with van der Waals surface area (Å²) in [6.45, 7) is 5.12. The van der Waals surface area contributed by atoms with Gasteiger partial charge < -0.3 is 14.8 Å². The molecule has 0 bridgehead atoms. The van der Waals surface area contributed by atoms with E-state index in [1.807, 2.05) is 13.0 Å². The zero-order valence-electron chi connectivity index (χ0n) is 14.9. The number of fused-ring (bicyclic) bond motifs is 1. The van der Waals surface area contributed by atoms with Gasteiger partial charge in [0.1, 0.15) is 11.5 Å². The largest absolute Gasteiger partial charge is 0.495 e. The molecule has 1 heterocycles. The van der Waals surface area contributed by atoms with Crippen molar-refractivity contribution in [3.8, 4) is 11.5 Å². The lowest BCUT2D eigenvalue weighted by Crippen LogP contribution is -2.34. The van der Waals surface area contributed by atoms with E-state index in [1.165, 1.54) is 13.2 Å². The highest BCUT2D eigenvalue weighted by Gasteiger charge is 2.27. The van der Waals surface area contributed by atoms with Gasteiger partial charge in [-0.3, -0.25) is 9.52 Å². The molecule has 1 amide bonds. The molecule has 1 aliphatic heterocycles. The molecule has 3 rings (SSSR count). The average molecular weight is 376 g/mol. The smallest absolute Gasteiger partial charge is 0.265 e. The first-order valence-electron chi connectivity index (χ1n) is 8.01. The van der Waals surface area contributed by atoms with Crippen LogP contribution in [-0.4, -0.2) is 27.5 Å². The fraction of sp³-hybridized carbons (Fsp3) is 0.278. The van der Waals surface area contributed by atoms with Crippen molar-refractivity contribution in [1.29, 1.82) is 0 Å². The number of nitrogens with one attached hydrogen (secondary N) is 2. The second-order valence-electron chi connectivity index (χ2n) is 6.17. The zero-order valence-corrected chi connectivity index (χ0v) is 15.7. The number of aryl methyl sites for hydroxylation is 2. The molecule has 0 saturated carbocycles. The summed E-state index contributed by atoms with van der Waals surface area (Å²) in [6, 6.07) is 8.24. The fourth-order valence-corrected chi connectivity index (χ4v) is 4.04. The summed E-state index contributed by atoms with van der Waals surface area (Å²) >= 11 is 0. The Balaban J connectivity index is 2.02. The number of sulfonamides is 1. The van der Waals surface area contributed by atoms with E-state index < -0.39 is 16.1 Å². The number of hydrogen-bond donors (Lipinski definition) is 2. The molecule has 26 heavy (non-hydrogen) atoms. The van der Waals surface area contributed by atoms with Gasteiger partial charge in [0, 0.05) is 6.07 Å². The van der Waals surface area contributed by atoms with Crippen LogP contribution in [-0.2, 0) is 14.8 Å². The van der Waals surface area contributed by atoms with E-state index in [2.05, 4.69) is 10.0 Å². The Labute approximate surface area is 152 Å². The zero-order chi connectivity index (χ0) is 19.1. The van der Waals surface area contributed by atoms with Gasteiger partial charge in [0.05, 0.1) is 23.4 Å². The van der Waals surface area contributed by atoms with Gasteiger partial charge in [0.15, 0.2) is 6.10 Å². The number of amides is 1. The minimum atomic E-state index is -3.88. The number of anilines is 2. The molecule has 0 saturated heterocycles. The topological polar surface area (TPSA) is 93.7 Å². The number of carbonyl (C=O) groups is 1. The molecule has 0 aromatic heterocycles. The SMILES string of the molecule is COc1ccc(C)cc1NS(=O)(=O)c1cc2c(cc1C)NC(=O)C(C)O2. The summed E-state index contributed by atoms with van der Waals surface area (Å²) in [7, 11) is -2.40. The van der Waals surface area contributed by atoms with Crippen LogP contribution in [0.15, 0.2) is 35.2 Å². The molecule has 1 unspecified atom stereocenters. The minimum Gasteiger partial charge on any atom is -0.495 e. The molecule has 0 fully saturated rings. The van der Waals surface area contributed by atoms with Crippen LogP contribution in [0, 0.1) is 13.8 Å². The highest BCUT2D eigenvalue weighted by atomic mass is 32.2. The summed E-state index contributed by atoms with van der Waals surface area (Å²) in [6.07, 6.45) is -0.689. The lowest BCUT2D eigenvalue weighted by molar-refractivity contribution is -0.122. The van der Waals surface area contributed by atoms with Crippen LogP contribution in [0.2, 0.25) is 0 Å². The first-order chi connectivity index (χ1) is 12.2. The normalized spacial score (nSPS) is 16.3. The lowest BCUT2D eigenvalue weighted by atomic mass is 10.1. The van der Waals surface area contributed by atoms with Crippen molar-refractivity contribution in [3.63, 3.8) is 0 Å². The first kappa shape index (κ1) is 18.1. The summed E-state index contributed by atoms with van der Waals surface area (Å²) in [4.78, 5) is 11.8. The summed E-state index contributed by atoms with van der Waals surface area (Å²) in [5, 5.41) is 2.71. The van der Waals surface area contributed by atoms with Gasteiger partial charge in [0.2, 0.25) is 0 Å². The number of hydrogen-bond acceptors (Lipinski definition) is 5. The highest BCUT2D eigenvalue weighted by molar-refractivity contribution is 7.92. The number of benzene rings is 2. The number of carbonyl (C=O) groups excluding carboxylic acids is 1. The Hall–Kier alpha value is -2.74.